The highest BCUT2D eigenvalue weighted by Crippen LogP contribution is 2.14. The Morgan fingerprint density at radius 1 is 0.323 bits per heavy atom. The largest absolute Gasteiger partial charge is 0.462 e. The van der Waals surface area contributed by atoms with E-state index in [1.54, 1.807) is 0 Å². The van der Waals surface area contributed by atoms with Gasteiger partial charge >= 0.3 is 17.9 Å². The lowest BCUT2D eigenvalue weighted by atomic mass is 10.1. The third-order valence-electron chi connectivity index (χ3n) is 11.1. The lowest BCUT2D eigenvalue weighted by Crippen LogP contribution is -2.30. The molecule has 0 saturated heterocycles. The summed E-state index contributed by atoms with van der Waals surface area (Å²) in [5.41, 5.74) is 0. The van der Waals surface area contributed by atoms with Gasteiger partial charge in [0.25, 0.3) is 0 Å². The van der Waals surface area contributed by atoms with Crippen molar-refractivity contribution in [3.63, 3.8) is 0 Å². The van der Waals surface area contributed by atoms with Gasteiger partial charge in [-0.05, 0) is 96.3 Å². The van der Waals surface area contributed by atoms with Gasteiger partial charge in [0.2, 0.25) is 0 Å². The van der Waals surface area contributed by atoms with Crippen LogP contribution < -0.4 is 0 Å². The SMILES string of the molecule is CC/C=C\C/C=C\C/C=C\C/C=C\C/C=C\C/C=C\CCCCCCCCC(=O)OCC(COC(=O)CCCCCCCCCC)OC(=O)CCCCCCC/C=C\C/C=C\CCCC. The van der Waals surface area contributed by atoms with Crippen LogP contribution in [-0.4, -0.2) is 37.2 Å². The van der Waals surface area contributed by atoms with Crippen LogP contribution >= 0.6 is 0 Å². The number of hydrogen-bond acceptors (Lipinski definition) is 6. The van der Waals surface area contributed by atoms with E-state index in [0.717, 1.165) is 135 Å². The first-order valence-corrected chi connectivity index (χ1v) is 26.7. The summed E-state index contributed by atoms with van der Waals surface area (Å²) in [6.45, 7) is 6.42. The fourth-order valence-electron chi connectivity index (χ4n) is 7.05. The Balaban J connectivity index is 4.29. The Morgan fingerprint density at radius 2 is 0.615 bits per heavy atom. The molecule has 0 spiro atoms. The minimum atomic E-state index is -0.789. The van der Waals surface area contributed by atoms with Crippen LogP contribution in [0.4, 0.5) is 0 Å². The monoisotopic (exact) mass is 903 g/mol. The van der Waals surface area contributed by atoms with Gasteiger partial charge in [0.1, 0.15) is 13.2 Å². The molecule has 0 fully saturated rings. The second-order valence-electron chi connectivity index (χ2n) is 17.4. The highest BCUT2D eigenvalue weighted by atomic mass is 16.6. The van der Waals surface area contributed by atoms with E-state index >= 15 is 0 Å². The molecular formula is C59H98O6. The summed E-state index contributed by atoms with van der Waals surface area (Å²) >= 11 is 0. The minimum Gasteiger partial charge on any atom is -0.462 e. The number of carbonyl (C=O) groups excluding carboxylic acids is 3. The maximum atomic E-state index is 12.8. The lowest BCUT2D eigenvalue weighted by molar-refractivity contribution is -0.167. The maximum Gasteiger partial charge on any atom is 0.306 e. The van der Waals surface area contributed by atoms with Gasteiger partial charge in [-0.3, -0.25) is 14.4 Å². The molecule has 0 rings (SSSR count). The van der Waals surface area contributed by atoms with Gasteiger partial charge in [-0.1, -0.05) is 221 Å². The van der Waals surface area contributed by atoms with E-state index in [4.69, 9.17) is 14.2 Å². The van der Waals surface area contributed by atoms with Crippen molar-refractivity contribution < 1.29 is 28.6 Å². The van der Waals surface area contributed by atoms with Crippen LogP contribution in [0.3, 0.4) is 0 Å². The van der Waals surface area contributed by atoms with Gasteiger partial charge in [0, 0.05) is 19.3 Å². The van der Waals surface area contributed by atoms with Gasteiger partial charge in [-0.25, -0.2) is 0 Å². The molecule has 0 aromatic heterocycles. The van der Waals surface area contributed by atoms with Gasteiger partial charge in [0.05, 0.1) is 0 Å². The molecule has 0 aliphatic heterocycles. The molecule has 0 bridgehead atoms. The Morgan fingerprint density at radius 3 is 0.985 bits per heavy atom. The molecule has 0 amide bonds. The zero-order valence-corrected chi connectivity index (χ0v) is 42.2. The molecule has 6 nitrogen and oxygen atoms in total. The smallest absolute Gasteiger partial charge is 0.306 e. The van der Waals surface area contributed by atoms with Crippen molar-refractivity contribution in [2.75, 3.05) is 13.2 Å². The van der Waals surface area contributed by atoms with E-state index in [1.165, 1.54) is 64.2 Å². The number of allylic oxidation sites excluding steroid dienone is 16. The molecule has 0 N–H and O–H groups in total. The summed E-state index contributed by atoms with van der Waals surface area (Å²) in [4.78, 5) is 37.9. The average Bonchev–Trinajstić information content (AvgIpc) is 3.30. The average molecular weight is 903 g/mol. The maximum absolute atomic E-state index is 12.8. The Hall–Kier alpha value is -3.67. The van der Waals surface area contributed by atoms with Gasteiger partial charge < -0.3 is 14.2 Å². The molecule has 0 saturated carbocycles. The van der Waals surface area contributed by atoms with Gasteiger partial charge in [0.15, 0.2) is 6.10 Å². The fourth-order valence-corrected chi connectivity index (χ4v) is 7.05. The molecule has 0 aromatic rings. The number of carbonyl (C=O) groups is 3. The Kier molecular flexibility index (Phi) is 50.0. The van der Waals surface area contributed by atoms with Crippen molar-refractivity contribution in [1.29, 1.82) is 0 Å². The predicted molar refractivity (Wildman–Crippen MR) is 279 cm³/mol. The van der Waals surface area contributed by atoms with Crippen molar-refractivity contribution in [2.24, 2.45) is 0 Å². The second kappa shape index (κ2) is 52.9. The van der Waals surface area contributed by atoms with Crippen molar-refractivity contribution in [2.45, 2.75) is 245 Å². The first kappa shape index (κ1) is 61.3. The highest BCUT2D eigenvalue weighted by molar-refractivity contribution is 5.71. The molecule has 6 heteroatoms. The van der Waals surface area contributed by atoms with Gasteiger partial charge in [-0.15, -0.1) is 0 Å². The summed E-state index contributed by atoms with van der Waals surface area (Å²) in [6, 6.07) is 0. The molecule has 370 valence electrons. The van der Waals surface area contributed by atoms with Crippen molar-refractivity contribution in [1.82, 2.24) is 0 Å². The standard InChI is InChI=1S/C59H98O6/c1-4-7-10-13-16-19-21-23-25-26-27-28-29-30-31-32-33-34-35-37-38-40-43-46-49-52-58(61)64-55-56(54-63-57(60)51-48-45-42-18-15-12-9-6-3)65-59(62)53-50-47-44-41-39-36-24-22-20-17-14-11-8-5-2/h7,10,14,16-17,19,22-25,27-28,30-31,33-34,56H,4-6,8-9,11-13,15,18,20-21,26,29,32,35-55H2,1-3H3/b10-7-,17-14-,19-16-,24-22-,25-23-,28-27-,31-30-,34-33-. The number of rotatable bonds is 47. The van der Waals surface area contributed by atoms with Crippen molar-refractivity contribution in [3.8, 4) is 0 Å². The number of esters is 3. The molecule has 0 aromatic carbocycles. The number of ether oxygens (including phenoxy) is 3. The van der Waals surface area contributed by atoms with Crippen LogP contribution in [0, 0.1) is 0 Å². The second-order valence-corrected chi connectivity index (χ2v) is 17.4. The van der Waals surface area contributed by atoms with Crippen LogP contribution in [0.1, 0.15) is 239 Å². The van der Waals surface area contributed by atoms with Crippen LogP contribution in [0.5, 0.6) is 0 Å². The van der Waals surface area contributed by atoms with Crippen LogP contribution in [0.15, 0.2) is 97.2 Å². The molecular weight excluding hydrogens is 805 g/mol. The van der Waals surface area contributed by atoms with E-state index in [1.807, 2.05) is 0 Å². The Bertz CT molecular complexity index is 1310. The van der Waals surface area contributed by atoms with E-state index in [-0.39, 0.29) is 31.1 Å². The summed E-state index contributed by atoms with van der Waals surface area (Å²) in [5, 5.41) is 0. The summed E-state index contributed by atoms with van der Waals surface area (Å²) in [7, 11) is 0. The molecule has 0 radical (unpaired) electrons. The third-order valence-corrected chi connectivity index (χ3v) is 11.1. The van der Waals surface area contributed by atoms with Crippen LogP contribution in [0.25, 0.3) is 0 Å². The first-order valence-electron chi connectivity index (χ1n) is 26.7. The van der Waals surface area contributed by atoms with Crippen LogP contribution in [0.2, 0.25) is 0 Å². The van der Waals surface area contributed by atoms with Crippen molar-refractivity contribution in [3.05, 3.63) is 97.2 Å². The first-order chi connectivity index (χ1) is 32.0. The number of hydrogen-bond donors (Lipinski definition) is 0. The van der Waals surface area contributed by atoms with Crippen molar-refractivity contribution >= 4 is 17.9 Å². The van der Waals surface area contributed by atoms with E-state index in [0.29, 0.717) is 19.3 Å². The quantitative estimate of drug-likeness (QED) is 0.0262. The third kappa shape index (κ3) is 51.2. The normalized spacial score (nSPS) is 12.8. The lowest BCUT2D eigenvalue weighted by Gasteiger charge is -2.18. The molecule has 0 aliphatic carbocycles. The number of unbranched alkanes of at least 4 members (excludes halogenated alkanes) is 20. The van der Waals surface area contributed by atoms with Crippen LogP contribution in [-0.2, 0) is 28.6 Å². The fraction of sp³-hybridized carbons (Fsp3) is 0.678. The molecule has 1 atom stereocenters. The van der Waals surface area contributed by atoms with E-state index in [2.05, 4.69) is 118 Å². The Labute approximate surface area is 400 Å². The highest BCUT2D eigenvalue weighted by Gasteiger charge is 2.19. The summed E-state index contributed by atoms with van der Waals surface area (Å²) in [5.74, 6) is -0.924. The molecule has 65 heavy (non-hydrogen) atoms. The zero-order chi connectivity index (χ0) is 47.2. The summed E-state index contributed by atoms with van der Waals surface area (Å²) in [6.07, 6.45) is 69.7. The minimum absolute atomic E-state index is 0.0878. The van der Waals surface area contributed by atoms with Gasteiger partial charge in [-0.2, -0.15) is 0 Å². The summed E-state index contributed by atoms with van der Waals surface area (Å²) < 4.78 is 16.7. The zero-order valence-electron chi connectivity index (χ0n) is 42.2. The predicted octanol–water partition coefficient (Wildman–Crippen LogP) is 17.8. The van der Waals surface area contributed by atoms with E-state index in [9.17, 15) is 14.4 Å². The topological polar surface area (TPSA) is 78.9 Å². The van der Waals surface area contributed by atoms with E-state index < -0.39 is 6.10 Å². The molecule has 1 unspecified atom stereocenters. The molecule has 0 heterocycles. The molecule has 0 aliphatic rings.